The quantitative estimate of drug-likeness (QED) is 0.909. The minimum Gasteiger partial charge on any atom is -0.476 e. The van der Waals surface area contributed by atoms with E-state index in [1.807, 2.05) is 0 Å². The number of aromatic carboxylic acids is 1. The zero-order valence-electron chi connectivity index (χ0n) is 11.1. The Morgan fingerprint density at radius 1 is 1.42 bits per heavy atom. The van der Waals surface area contributed by atoms with Gasteiger partial charge in [-0.2, -0.15) is 0 Å². The summed E-state index contributed by atoms with van der Waals surface area (Å²) in [6.45, 7) is 2.22. The molecular formula is C14H19ClN2O2. The van der Waals surface area contributed by atoms with Gasteiger partial charge in [-0.25, -0.2) is 14.8 Å². The van der Waals surface area contributed by atoms with Crippen LogP contribution in [0, 0.1) is 5.92 Å². The second-order valence-corrected chi connectivity index (χ2v) is 5.64. The van der Waals surface area contributed by atoms with Crippen LogP contribution >= 0.6 is 11.6 Å². The van der Waals surface area contributed by atoms with Crippen molar-refractivity contribution in [3.8, 4) is 0 Å². The van der Waals surface area contributed by atoms with Crippen LogP contribution in [0.1, 0.15) is 67.7 Å². The van der Waals surface area contributed by atoms with E-state index >= 15 is 0 Å². The molecule has 0 spiro atoms. The van der Waals surface area contributed by atoms with E-state index in [4.69, 9.17) is 16.7 Å². The van der Waals surface area contributed by atoms with Crippen molar-refractivity contribution in [2.24, 2.45) is 5.92 Å². The van der Waals surface area contributed by atoms with Gasteiger partial charge in [0.05, 0.1) is 11.2 Å². The third kappa shape index (κ3) is 3.44. The monoisotopic (exact) mass is 282 g/mol. The summed E-state index contributed by atoms with van der Waals surface area (Å²) in [6.07, 6.45) is 8.40. The van der Waals surface area contributed by atoms with Crippen molar-refractivity contribution < 1.29 is 9.90 Å². The number of nitrogens with zero attached hydrogens (tertiary/aromatic N) is 2. The number of carbonyl (C=O) groups is 1. The summed E-state index contributed by atoms with van der Waals surface area (Å²) >= 11 is 5.79. The van der Waals surface area contributed by atoms with Gasteiger partial charge in [-0.3, -0.25) is 0 Å². The molecule has 1 aliphatic carbocycles. The molecule has 0 aromatic carbocycles. The van der Waals surface area contributed by atoms with Gasteiger partial charge >= 0.3 is 5.97 Å². The highest BCUT2D eigenvalue weighted by atomic mass is 35.5. The molecule has 5 heteroatoms. The molecule has 1 N–H and O–H groups in total. The predicted molar refractivity (Wildman–Crippen MR) is 73.6 cm³/mol. The molecule has 19 heavy (non-hydrogen) atoms. The molecule has 2 rings (SSSR count). The molecule has 1 heterocycles. The van der Waals surface area contributed by atoms with Crippen molar-refractivity contribution in [1.29, 1.82) is 0 Å². The van der Waals surface area contributed by atoms with Gasteiger partial charge in [0.1, 0.15) is 5.82 Å². The maximum atomic E-state index is 11.0. The minimum atomic E-state index is -1.09. The van der Waals surface area contributed by atoms with Gasteiger partial charge in [0.25, 0.3) is 0 Å². The Bertz CT molecular complexity index is 457. The molecule has 104 valence electrons. The van der Waals surface area contributed by atoms with E-state index in [2.05, 4.69) is 16.9 Å². The normalized spacial score (nSPS) is 23.3. The number of carboxylic acids is 1. The first-order chi connectivity index (χ1) is 9.11. The van der Waals surface area contributed by atoms with Crippen LogP contribution in [0.3, 0.4) is 0 Å². The van der Waals surface area contributed by atoms with Crippen LogP contribution in [0.2, 0.25) is 5.02 Å². The number of carboxylic acid groups (broad SMARTS) is 1. The standard InChI is InChI=1S/C14H19ClN2O2/c1-2-3-9-4-6-10(7-5-9)13-16-8-11(15)12(17-13)14(18)19/h8-10H,2-7H2,1H3,(H,18,19). The molecule has 0 aliphatic heterocycles. The number of aromatic nitrogens is 2. The van der Waals surface area contributed by atoms with Gasteiger partial charge in [0.2, 0.25) is 0 Å². The molecule has 0 radical (unpaired) electrons. The molecule has 0 saturated heterocycles. The Kier molecular flexibility index (Phi) is 4.75. The van der Waals surface area contributed by atoms with Crippen molar-refractivity contribution in [1.82, 2.24) is 9.97 Å². The summed E-state index contributed by atoms with van der Waals surface area (Å²) in [7, 11) is 0. The third-order valence-corrected chi connectivity index (χ3v) is 4.15. The van der Waals surface area contributed by atoms with Crippen molar-refractivity contribution in [3.05, 3.63) is 22.7 Å². The van der Waals surface area contributed by atoms with E-state index in [1.165, 1.54) is 31.9 Å². The molecule has 0 atom stereocenters. The first kappa shape index (κ1) is 14.3. The molecular weight excluding hydrogens is 264 g/mol. The third-order valence-electron chi connectivity index (χ3n) is 3.87. The lowest BCUT2D eigenvalue weighted by molar-refractivity contribution is 0.0690. The fourth-order valence-corrected chi connectivity index (χ4v) is 3.02. The molecule has 1 fully saturated rings. The van der Waals surface area contributed by atoms with Crippen LogP contribution in [0.25, 0.3) is 0 Å². The Morgan fingerprint density at radius 3 is 2.68 bits per heavy atom. The molecule has 1 aromatic rings. The number of halogens is 1. The average Bonchev–Trinajstić information content (AvgIpc) is 2.40. The molecule has 0 amide bonds. The lowest BCUT2D eigenvalue weighted by Gasteiger charge is -2.27. The number of hydrogen-bond acceptors (Lipinski definition) is 3. The highest BCUT2D eigenvalue weighted by molar-refractivity contribution is 6.33. The first-order valence-corrected chi connectivity index (χ1v) is 7.25. The summed E-state index contributed by atoms with van der Waals surface area (Å²) < 4.78 is 0. The molecule has 1 aliphatic rings. The van der Waals surface area contributed by atoms with Gasteiger partial charge in [0.15, 0.2) is 5.69 Å². The smallest absolute Gasteiger partial charge is 0.356 e. The maximum absolute atomic E-state index is 11.0. The SMILES string of the molecule is CCCC1CCC(c2ncc(Cl)c(C(=O)O)n2)CC1. The number of rotatable bonds is 4. The van der Waals surface area contributed by atoms with Crippen LogP contribution in [-0.2, 0) is 0 Å². The lowest BCUT2D eigenvalue weighted by Crippen LogP contribution is -2.16. The fraction of sp³-hybridized carbons (Fsp3) is 0.643. The van der Waals surface area contributed by atoms with Crippen LogP contribution < -0.4 is 0 Å². The highest BCUT2D eigenvalue weighted by Crippen LogP contribution is 2.36. The first-order valence-electron chi connectivity index (χ1n) is 6.87. The van der Waals surface area contributed by atoms with Gasteiger partial charge in [0, 0.05) is 5.92 Å². The van der Waals surface area contributed by atoms with Crippen molar-refractivity contribution in [2.75, 3.05) is 0 Å². The van der Waals surface area contributed by atoms with E-state index in [1.54, 1.807) is 0 Å². The Balaban J connectivity index is 2.07. The van der Waals surface area contributed by atoms with Crippen LogP contribution in [0.15, 0.2) is 6.20 Å². The van der Waals surface area contributed by atoms with E-state index in [0.29, 0.717) is 5.82 Å². The van der Waals surface area contributed by atoms with Crippen LogP contribution in [0.5, 0.6) is 0 Å². The highest BCUT2D eigenvalue weighted by Gasteiger charge is 2.25. The lowest BCUT2D eigenvalue weighted by atomic mass is 9.80. The molecule has 0 bridgehead atoms. The summed E-state index contributed by atoms with van der Waals surface area (Å²) in [5, 5.41) is 9.13. The maximum Gasteiger partial charge on any atom is 0.356 e. The Morgan fingerprint density at radius 2 is 2.11 bits per heavy atom. The Hall–Kier alpha value is -1.16. The summed E-state index contributed by atoms with van der Waals surface area (Å²) in [5.41, 5.74) is -0.0812. The molecule has 0 unspecified atom stereocenters. The van der Waals surface area contributed by atoms with E-state index in [-0.39, 0.29) is 16.6 Å². The zero-order chi connectivity index (χ0) is 13.8. The summed E-state index contributed by atoms with van der Waals surface area (Å²) in [4.78, 5) is 19.4. The minimum absolute atomic E-state index is 0.0812. The van der Waals surface area contributed by atoms with E-state index in [0.717, 1.165) is 18.8 Å². The average molecular weight is 283 g/mol. The van der Waals surface area contributed by atoms with Gasteiger partial charge in [-0.15, -0.1) is 0 Å². The van der Waals surface area contributed by atoms with Crippen LogP contribution in [-0.4, -0.2) is 21.0 Å². The molecule has 1 saturated carbocycles. The second kappa shape index (κ2) is 6.33. The van der Waals surface area contributed by atoms with Crippen molar-refractivity contribution in [3.63, 3.8) is 0 Å². The molecule has 1 aromatic heterocycles. The van der Waals surface area contributed by atoms with E-state index in [9.17, 15) is 4.79 Å². The predicted octanol–water partition coefficient (Wildman–Crippen LogP) is 3.90. The fourth-order valence-electron chi connectivity index (χ4n) is 2.85. The topological polar surface area (TPSA) is 63.1 Å². The zero-order valence-corrected chi connectivity index (χ0v) is 11.9. The Labute approximate surface area is 118 Å². The molecule has 4 nitrogen and oxygen atoms in total. The van der Waals surface area contributed by atoms with Crippen molar-refractivity contribution in [2.45, 2.75) is 51.4 Å². The van der Waals surface area contributed by atoms with E-state index < -0.39 is 5.97 Å². The van der Waals surface area contributed by atoms with Crippen molar-refractivity contribution >= 4 is 17.6 Å². The number of hydrogen-bond donors (Lipinski definition) is 1. The van der Waals surface area contributed by atoms with Crippen LogP contribution in [0.4, 0.5) is 0 Å². The van der Waals surface area contributed by atoms with Gasteiger partial charge < -0.3 is 5.11 Å². The van der Waals surface area contributed by atoms with Gasteiger partial charge in [-0.05, 0) is 31.6 Å². The largest absolute Gasteiger partial charge is 0.476 e. The summed E-state index contributed by atoms with van der Waals surface area (Å²) in [5.74, 6) is 0.640. The second-order valence-electron chi connectivity index (χ2n) is 5.24. The summed E-state index contributed by atoms with van der Waals surface area (Å²) in [6, 6.07) is 0. The van der Waals surface area contributed by atoms with Gasteiger partial charge in [-0.1, -0.05) is 31.4 Å².